The van der Waals surface area contributed by atoms with Gasteiger partial charge in [-0.1, -0.05) is 89.7 Å². The van der Waals surface area contributed by atoms with Gasteiger partial charge in [0.15, 0.2) is 10.3 Å². The highest BCUT2D eigenvalue weighted by molar-refractivity contribution is 7.99. The summed E-state index contributed by atoms with van der Waals surface area (Å²) in [6.45, 7) is 14.8. The van der Waals surface area contributed by atoms with Crippen molar-refractivity contribution >= 4 is 59.9 Å². The van der Waals surface area contributed by atoms with Gasteiger partial charge in [0.05, 0.1) is 0 Å². The van der Waals surface area contributed by atoms with Crippen molar-refractivity contribution in [1.29, 1.82) is 0 Å². The molecule has 0 bridgehead atoms. The molecular formula is C30H56N10S4. The van der Waals surface area contributed by atoms with Crippen molar-refractivity contribution in [3.05, 3.63) is 9.54 Å². The van der Waals surface area contributed by atoms with E-state index in [4.69, 9.17) is 34.4 Å². The van der Waals surface area contributed by atoms with Gasteiger partial charge < -0.3 is 30.4 Å². The fraction of sp³-hybridized carbons (Fsp3) is 0.800. The van der Waals surface area contributed by atoms with Gasteiger partial charge in [-0.15, -0.1) is 0 Å². The van der Waals surface area contributed by atoms with Gasteiger partial charge in [0, 0.05) is 37.9 Å². The van der Waals surface area contributed by atoms with Crippen LogP contribution in [0.5, 0.6) is 0 Å². The average Bonchev–Trinajstić information content (AvgIpc) is 3.01. The van der Waals surface area contributed by atoms with E-state index in [2.05, 4.69) is 68.1 Å². The molecule has 0 aliphatic heterocycles. The topological polar surface area (TPSA) is 114 Å². The van der Waals surface area contributed by atoms with Crippen molar-refractivity contribution in [2.24, 2.45) is 0 Å². The van der Waals surface area contributed by atoms with Gasteiger partial charge in [-0.3, -0.25) is 0 Å². The van der Waals surface area contributed by atoms with Gasteiger partial charge in [0.2, 0.25) is 21.4 Å². The minimum atomic E-state index is 0.503. The maximum absolute atomic E-state index is 5.40. The van der Waals surface area contributed by atoms with Crippen LogP contribution in [-0.4, -0.2) is 80.9 Å². The number of hydrogen-bond donors (Lipinski definition) is 4. The number of hydrogen-bond acceptors (Lipinski definition) is 12. The number of nitrogens with zero attached hydrogens (tertiary/aromatic N) is 6. The molecule has 0 saturated heterocycles. The average molecular weight is 685 g/mol. The predicted octanol–water partition coefficient (Wildman–Crippen LogP) is 7.73. The lowest BCUT2D eigenvalue weighted by Crippen LogP contribution is -2.28. The zero-order valence-electron chi connectivity index (χ0n) is 27.5. The van der Waals surface area contributed by atoms with Gasteiger partial charge in [-0.05, 0) is 76.1 Å². The largest absolute Gasteiger partial charge is 0.342 e. The van der Waals surface area contributed by atoms with Crippen molar-refractivity contribution in [3.8, 4) is 0 Å². The zero-order chi connectivity index (χ0) is 31.8. The molecule has 4 N–H and O–H groups in total. The van der Waals surface area contributed by atoms with Gasteiger partial charge in [0.25, 0.3) is 0 Å². The molecule has 10 nitrogen and oxygen atoms in total. The van der Waals surface area contributed by atoms with Crippen molar-refractivity contribution in [2.75, 3.05) is 60.8 Å². The number of nitrogens with one attached hydrogen (secondary N) is 4. The number of unbranched alkanes of at least 4 members (excludes halogenated alkanes) is 7. The third kappa shape index (κ3) is 16.8. The van der Waals surface area contributed by atoms with Crippen LogP contribution in [0.15, 0.2) is 10.3 Å². The van der Waals surface area contributed by atoms with Crippen LogP contribution in [0.25, 0.3) is 0 Å². The first-order chi connectivity index (χ1) is 21.5. The van der Waals surface area contributed by atoms with Crippen LogP contribution < -0.4 is 20.4 Å². The lowest BCUT2D eigenvalue weighted by molar-refractivity contribution is 0.594. The number of anilines is 2. The molecule has 0 spiro atoms. The fourth-order valence-corrected chi connectivity index (χ4v) is 6.24. The van der Waals surface area contributed by atoms with E-state index in [9.17, 15) is 0 Å². The third-order valence-electron chi connectivity index (χ3n) is 7.02. The van der Waals surface area contributed by atoms with Crippen LogP contribution in [0.3, 0.4) is 0 Å². The van der Waals surface area contributed by atoms with Crippen LogP contribution in [0.1, 0.15) is 105 Å². The first kappa shape index (κ1) is 38.9. The Morgan fingerprint density at radius 1 is 0.545 bits per heavy atom. The fourth-order valence-electron chi connectivity index (χ4n) is 4.41. The summed E-state index contributed by atoms with van der Waals surface area (Å²) in [5.74, 6) is 3.26. The third-order valence-corrected chi connectivity index (χ3v) is 8.99. The summed E-state index contributed by atoms with van der Waals surface area (Å²) < 4.78 is 1.01. The monoisotopic (exact) mass is 684 g/mol. The number of aromatic amines is 2. The Morgan fingerprint density at radius 2 is 0.909 bits per heavy atom. The maximum Gasteiger partial charge on any atom is 0.207 e. The molecule has 0 aliphatic rings. The van der Waals surface area contributed by atoms with E-state index >= 15 is 0 Å². The van der Waals surface area contributed by atoms with Crippen LogP contribution in [0, 0.1) is 9.54 Å². The minimum absolute atomic E-state index is 0.503. The molecular weight excluding hydrogens is 629 g/mol. The highest BCUT2D eigenvalue weighted by atomic mass is 32.2. The number of thioether (sulfide) groups is 2. The summed E-state index contributed by atoms with van der Waals surface area (Å²) in [6, 6.07) is 0. The summed E-state index contributed by atoms with van der Waals surface area (Å²) in [5.41, 5.74) is 0. The van der Waals surface area contributed by atoms with Gasteiger partial charge in [-0.2, -0.15) is 19.9 Å². The first-order valence-electron chi connectivity index (χ1n) is 16.6. The summed E-state index contributed by atoms with van der Waals surface area (Å²) in [4.78, 5) is 29.4. The molecule has 0 fully saturated rings. The molecule has 250 valence electrons. The van der Waals surface area contributed by atoms with E-state index in [1.807, 2.05) is 0 Å². The van der Waals surface area contributed by atoms with E-state index in [-0.39, 0.29) is 0 Å². The Hall–Kier alpha value is -1.32. The van der Waals surface area contributed by atoms with E-state index in [1.165, 1.54) is 12.8 Å². The molecule has 2 aromatic rings. The molecule has 0 radical (unpaired) electrons. The number of H-pyrrole nitrogens is 2. The molecule has 0 aromatic carbocycles. The standard InChI is InChI=1S/C30H56N10S4/c1-5-9-19-39(20-10-6-2)25-33-27(41)37-29(35-25)43-23-31-17-15-13-14-16-18-32-24-44-30-36-26(34-28(42)38-30)40(21-11-7-3)22-12-8-4/h31-32H,5-24H2,1-4H3,(H,33,35,37,41)(H,34,36,38,42). The number of aromatic nitrogens is 6. The molecule has 0 saturated carbocycles. The van der Waals surface area contributed by atoms with Crippen molar-refractivity contribution in [3.63, 3.8) is 0 Å². The molecule has 2 rings (SSSR count). The van der Waals surface area contributed by atoms with Gasteiger partial charge >= 0.3 is 0 Å². The Bertz CT molecular complexity index is 1030. The molecule has 0 aliphatic carbocycles. The second kappa shape index (κ2) is 24.9. The van der Waals surface area contributed by atoms with E-state index in [0.29, 0.717) is 9.54 Å². The highest BCUT2D eigenvalue weighted by Gasteiger charge is 2.12. The molecule has 0 amide bonds. The summed E-state index contributed by atoms with van der Waals surface area (Å²) in [6.07, 6.45) is 13.9. The zero-order valence-corrected chi connectivity index (χ0v) is 30.7. The quantitative estimate of drug-likeness (QED) is 0.0320. The molecule has 2 aromatic heterocycles. The molecule has 0 atom stereocenters. The summed E-state index contributed by atoms with van der Waals surface area (Å²) >= 11 is 14.0. The maximum atomic E-state index is 5.40. The van der Waals surface area contributed by atoms with Crippen molar-refractivity contribution in [2.45, 2.75) is 115 Å². The van der Waals surface area contributed by atoms with E-state index in [1.54, 1.807) is 23.5 Å². The first-order valence-corrected chi connectivity index (χ1v) is 19.4. The van der Waals surface area contributed by atoms with E-state index in [0.717, 1.165) is 137 Å². The molecule has 44 heavy (non-hydrogen) atoms. The van der Waals surface area contributed by atoms with E-state index < -0.39 is 0 Å². The SMILES string of the molecule is CCCCN(CCCC)c1nc(SCNCCCCCCNCSc2nc(N(CCCC)CCCC)[nH]c(=S)n2)nc(=S)[nH]1. The second-order valence-corrected chi connectivity index (χ2v) is 13.6. The van der Waals surface area contributed by atoms with Crippen LogP contribution in [-0.2, 0) is 0 Å². The predicted molar refractivity (Wildman–Crippen MR) is 194 cm³/mol. The lowest BCUT2D eigenvalue weighted by atomic mass is 10.2. The Morgan fingerprint density at radius 3 is 1.25 bits per heavy atom. The normalized spacial score (nSPS) is 11.3. The highest BCUT2D eigenvalue weighted by Crippen LogP contribution is 2.18. The molecule has 2 heterocycles. The lowest BCUT2D eigenvalue weighted by Gasteiger charge is -2.23. The number of rotatable bonds is 27. The van der Waals surface area contributed by atoms with Crippen LogP contribution >= 0.6 is 48.0 Å². The van der Waals surface area contributed by atoms with Crippen molar-refractivity contribution in [1.82, 2.24) is 40.5 Å². The smallest absolute Gasteiger partial charge is 0.207 e. The van der Waals surface area contributed by atoms with Crippen LogP contribution in [0.4, 0.5) is 11.9 Å². The van der Waals surface area contributed by atoms with Crippen molar-refractivity contribution < 1.29 is 0 Å². The van der Waals surface area contributed by atoms with Gasteiger partial charge in [0.1, 0.15) is 0 Å². The molecule has 0 unspecified atom stereocenters. The summed E-state index contributed by atoms with van der Waals surface area (Å²) in [7, 11) is 0. The van der Waals surface area contributed by atoms with Crippen LogP contribution in [0.2, 0.25) is 0 Å². The minimum Gasteiger partial charge on any atom is -0.342 e. The molecule has 14 heteroatoms. The second-order valence-electron chi connectivity index (χ2n) is 10.9. The Kier molecular flexibility index (Phi) is 22.0. The van der Waals surface area contributed by atoms with Gasteiger partial charge in [-0.25, -0.2) is 0 Å². The Labute approximate surface area is 284 Å². The Balaban J connectivity index is 1.61. The summed E-state index contributed by atoms with van der Waals surface area (Å²) in [5, 5.41) is 8.51.